The fourth-order valence-electron chi connectivity index (χ4n) is 2.28. The van der Waals surface area contributed by atoms with Crippen molar-refractivity contribution in [3.8, 4) is 5.75 Å². The number of rotatable bonds is 5. The zero-order valence-corrected chi connectivity index (χ0v) is 10.8. The molecule has 0 fully saturated rings. The van der Waals surface area contributed by atoms with Crippen molar-refractivity contribution in [2.45, 2.75) is 26.2 Å². The second-order valence-corrected chi connectivity index (χ2v) is 4.55. The van der Waals surface area contributed by atoms with Gasteiger partial charge in [-0.25, -0.2) is 0 Å². The van der Waals surface area contributed by atoms with Crippen molar-refractivity contribution in [1.82, 2.24) is 0 Å². The highest BCUT2D eigenvalue weighted by Crippen LogP contribution is 2.35. The van der Waals surface area contributed by atoms with E-state index in [0.717, 1.165) is 11.3 Å². The molecule has 102 valence electrons. The molecule has 1 amide bonds. The van der Waals surface area contributed by atoms with Crippen molar-refractivity contribution in [3.05, 3.63) is 23.8 Å². The lowest BCUT2D eigenvalue weighted by Crippen LogP contribution is -2.30. The number of fused-ring (bicyclic) bond motifs is 1. The van der Waals surface area contributed by atoms with Crippen LogP contribution in [0.1, 0.15) is 25.3 Å². The van der Waals surface area contributed by atoms with E-state index in [1.165, 1.54) is 0 Å². The Labute approximate surface area is 111 Å². The number of nitrogens with one attached hydrogen (secondary N) is 1. The summed E-state index contributed by atoms with van der Waals surface area (Å²) >= 11 is 0. The average Bonchev–Trinajstić information content (AvgIpc) is 2.37. The quantitative estimate of drug-likeness (QED) is 0.852. The van der Waals surface area contributed by atoms with Gasteiger partial charge < -0.3 is 15.2 Å². The summed E-state index contributed by atoms with van der Waals surface area (Å²) in [4.78, 5) is 22.5. The van der Waals surface area contributed by atoms with Crippen LogP contribution in [0.3, 0.4) is 0 Å². The predicted octanol–water partition coefficient (Wildman–Crippen LogP) is 2.06. The molecule has 1 aliphatic heterocycles. The van der Waals surface area contributed by atoms with Gasteiger partial charge in [0.05, 0.1) is 12.3 Å². The van der Waals surface area contributed by atoms with Gasteiger partial charge in [0, 0.05) is 12.3 Å². The molecular weight excluding hydrogens is 246 g/mol. The van der Waals surface area contributed by atoms with E-state index in [0.29, 0.717) is 25.2 Å². The van der Waals surface area contributed by atoms with Crippen molar-refractivity contribution in [2.24, 2.45) is 5.92 Å². The lowest BCUT2D eigenvalue weighted by atomic mass is 9.89. The number of carbonyl (C=O) groups is 2. The highest BCUT2D eigenvalue weighted by Gasteiger charge is 2.28. The molecule has 19 heavy (non-hydrogen) atoms. The van der Waals surface area contributed by atoms with Crippen LogP contribution in [0.15, 0.2) is 18.2 Å². The molecule has 1 aliphatic rings. The number of anilines is 1. The Morgan fingerprint density at radius 2 is 2.32 bits per heavy atom. The summed E-state index contributed by atoms with van der Waals surface area (Å²) in [5.41, 5.74) is 1.72. The normalized spacial score (nSPS) is 17.5. The number of hydrogen-bond donors (Lipinski definition) is 2. The maximum atomic E-state index is 12.0. The van der Waals surface area contributed by atoms with E-state index in [2.05, 4.69) is 5.32 Å². The Morgan fingerprint density at radius 1 is 1.53 bits per heavy atom. The van der Waals surface area contributed by atoms with Gasteiger partial charge >= 0.3 is 5.97 Å². The van der Waals surface area contributed by atoms with E-state index in [-0.39, 0.29) is 18.2 Å². The molecule has 0 bridgehead atoms. The Hall–Kier alpha value is -2.04. The molecule has 0 saturated heterocycles. The smallest absolute Gasteiger partial charge is 0.303 e. The molecule has 2 N–H and O–H groups in total. The lowest BCUT2D eigenvalue weighted by Gasteiger charge is -2.25. The molecule has 0 aromatic heterocycles. The minimum absolute atomic E-state index is 0.0125. The number of amides is 1. The fraction of sp³-hybridized carbons (Fsp3) is 0.429. The van der Waals surface area contributed by atoms with Crippen LogP contribution in [-0.4, -0.2) is 23.6 Å². The van der Waals surface area contributed by atoms with E-state index in [4.69, 9.17) is 9.84 Å². The van der Waals surface area contributed by atoms with Crippen molar-refractivity contribution in [2.75, 3.05) is 11.9 Å². The number of para-hydroxylation sites is 1. The van der Waals surface area contributed by atoms with Gasteiger partial charge in [-0.2, -0.15) is 0 Å². The summed E-state index contributed by atoms with van der Waals surface area (Å²) < 4.78 is 5.48. The Bertz CT molecular complexity index is 498. The average molecular weight is 263 g/mol. The first-order valence-corrected chi connectivity index (χ1v) is 6.39. The largest absolute Gasteiger partial charge is 0.492 e. The summed E-state index contributed by atoms with van der Waals surface area (Å²) in [5, 5.41) is 11.5. The number of carboxylic acid groups (broad SMARTS) is 1. The lowest BCUT2D eigenvalue weighted by molar-refractivity contribution is -0.137. The molecule has 1 aromatic rings. The fourth-order valence-corrected chi connectivity index (χ4v) is 2.28. The van der Waals surface area contributed by atoms with E-state index in [9.17, 15) is 9.59 Å². The summed E-state index contributed by atoms with van der Waals surface area (Å²) in [7, 11) is 0. The zero-order chi connectivity index (χ0) is 13.8. The summed E-state index contributed by atoms with van der Waals surface area (Å²) in [6.07, 6.45) is 0.938. The van der Waals surface area contributed by atoms with Gasteiger partial charge in [-0.15, -0.1) is 0 Å². The highest BCUT2D eigenvalue weighted by atomic mass is 16.5. The highest BCUT2D eigenvalue weighted by molar-refractivity contribution is 5.97. The molecule has 1 atom stereocenters. The third-order valence-electron chi connectivity index (χ3n) is 3.20. The summed E-state index contributed by atoms with van der Waals surface area (Å²) in [5.74, 6) is -0.604. The van der Waals surface area contributed by atoms with Gasteiger partial charge in [0.15, 0.2) is 0 Å². The SMILES string of the molecule is CCOc1cccc2c1NC(=O)C(CCC(=O)O)C2. The van der Waals surface area contributed by atoms with Gasteiger partial charge in [-0.3, -0.25) is 9.59 Å². The third-order valence-corrected chi connectivity index (χ3v) is 3.20. The molecule has 1 unspecified atom stereocenters. The molecule has 1 heterocycles. The number of aliphatic carboxylic acids is 1. The topological polar surface area (TPSA) is 75.6 Å². The van der Waals surface area contributed by atoms with Gasteiger partial charge in [-0.05, 0) is 31.4 Å². The van der Waals surface area contributed by atoms with Crippen LogP contribution in [-0.2, 0) is 16.0 Å². The van der Waals surface area contributed by atoms with Gasteiger partial charge in [0.2, 0.25) is 5.91 Å². The van der Waals surface area contributed by atoms with Crippen molar-refractivity contribution in [1.29, 1.82) is 0 Å². The minimum atomic E-state index is -0.873. The van der Waals surface area contributed by atoms with Crippen molar-refractivity contribution < 1.29 is 19.4 Å². The number of hydrogen-bond acceptors (Lipinski definition) is 3. The van der Waals surface area contributed by atoms with E-state index in [1.807, 2.05) is 25.1 Å². The van der Waals surface area contributed by atoms with Crippen LogP contribution in [0.25, 0.3) is 0 Å². The second-order valence-electron chi connectivity index (χ2n) is 4.55. The monoisotopic (exact) mass is 263 g/mol. The first-order valence-electron chi connectivity index (χ1n) is 6.39. The molecule has 5 nitrogen and oxygen atoms in total. The summed E-state index contributed by atoms with van der Waals surface area (Å²) in [6, 6.07) is 5.64. The van der Waals surface area contributed by atoms with E-state index in [1.54, 1.807) is 0 Å². The Morgan fingerprint density at radius 3 is 3.00 bits per heavy atom. The van der Waals surface area contributed by atoms with Crippen LogP contribution in [0, 0.1) is 5.92 Å². The van der Waals surface area contributed by atoms with Crippen LogP contribution in [0.5, 0.6) is 5.75 Å². The third kappa shape index (κ3) is 3.05. The maximum absolute atomic E-state index is 12.0. The second kappa shape index (κ2) is 5.73. The zero-order valence-electron chi connectivity index (χ0n) is 10.8. The van der Waals surface area contributed by atoms with Crippen molar-refractivity contribution >= 4 is 17.6 Å². The van der Waals surface area contributed by atoms with E-state index < -0.39 is 5.97 Å². The van der Waals surface area contributed by atoms with Crippen LogP contribution in [0.4, 0.5) is 5.69 Å². The molecule has 0 spiro atoms. The standard InChI is InChI=1S/C14H17NO4/c1-2-19-11-5-3-4-9-8-10(6-7-12(16)17)14(18)15-13(9)11/h3-5,10H,2,6-8H2,1H3,(H,15,18)(H,16,17). The Kier molecular flexibility index (Phi) is 4.04. The maximum Gasteiger partial charge on any atom is 0.303 e. The molecule has 0 radical (unpaired) electrons. The molecule has 1 aromatic carbocycles. The Balaban J connectivity index is 2.17. The first kappa shape index (κ1) is 13.4. The summed E-state index contributed by atoms with van der Waals surface area (Å²) in [6.45, 7) is 2.43. The number of carboxylic acids is 1. The van der Waals surface area contributed by atoms with Crippen molar-refractivity contribution in [3.63, 3.8) is 0 Å². The first-order chi connectivity index (χ1) is 9.11. The van der Waals surface area contributed by atoms with Crippen LogP contribution >= 0.6 is 0 Å². The van der Waals surface area contributed by atoms with Gasteiger partial charge in [-0.1, -0.05) is 12.1 Å². The number of carbonyl (C=O) groups excluding carboxylic acids is 1. The molecule has 0 aliphatic carbocycles. The molecule has 5 heteroatoms. The minimum Gasteiger partial charge on any atom is -0.492 e. The van der Waals surface area contributed by atoms with Gasteiger partial charge in [0.25, 0.3) is 0 Å². The van der Waals surface area contributed by atoms with Gasteiger partial charge in [0.1, 0.15) is 5.75 Å². The van der Waals surface area contributed by atoms with E-state index >= 15 is 0 Å². The van der Waals surface area contributed by atoms with Crippen LogP contribution < -0.4 is 10.1 Å². The van der Waals surface area contributed by atoms with Crippen LogP contribution in [0.2, 0.25) is 0 Å². The number of ether oxygens (including phenoxy) is 1. The predicted molar refractivity (Wildman–Crippen MR) is 70.3 cm³/mol. The molecule has 2 rings (SSSR count). The molecular formula is C14H17NO4. The molecule has 0 saturated carbocycles. The number of benzene rings is 1.